The van der Waals surface area contributed by atoms with E-state index in [4.69, 9.17) is 15.0 Å². The molecule has 0 aliphatic rings. The minimum Gasteiger partial charge on any atom is -0.308 e. The molecule has 10 rings (SSSR count). The van der Waals surface area contributed by atoms with Crippen LogP contribution in [0.1, 0.15) is 0 Å². The van der Waals surface area contributed by atoms with Gasteiger partial charge in [-0.05, 0) is 41.5 Å². The fourth-order valence-corrected chi connectivity index (χ4v) is 8.32. The number of rotatable bonds is 5. The Morgan fingerprint density at radius 2 is 0.920 bits per heavy atom. The van der Waals surface area contributed by atoms with Gasteiger partial charge in [-0.25, -0.2) is 15.0 Å². The molecule has 0 N–H and O–H groups in total. The largest absolute Gasteiger partial charge is 0.308 e. The molecule has 10 aromatic rings. The Kier molecular flexibility index (Phi) is 6.64. The molecule has 7 aromatic carbocycles. The highest BCUT2D eigenvalue weighted by Gasteiger charge is 2.18. The van der Waals surface area contributed by atoms with Gasteiger partial charge >= 0.3 is 0 Å². The Labute approximate surface area is 292 Å². The molecule has 50 heavy (non-hydrogen) atoms. The van der Waals surface area contributed by atoms with E-state index in [9.17, 15) is 0 Å². The molecule has 234 valence electrons. The van der Waals surface area contributed by atoms with Crippen LogP contribution in [0, 0.1) is 0 Å². The van der Waals surface area contributed by atoms with E-state index in [1.165, 1.54) is 58.8 Å². The van der Waals surface area contributed by atoms with E-state index in [2.05, 4.69) is 114 Å². The van der Waals surface area contributed by atoms with Crippen molar-refractivity contribution in [3.63, 3.8) is 0 Å². The van der Waals surface area contributed by atoms with Crippen molar-refractivity contribution >= 4 is 53.3 Å². The first-order chi connectivity index (χ1) is 24.8. The first kappa shape index (κ1) is 28.6. The zero-order valence-corrected chi connectivity index (χ0v) is 27.7. The lowest BCUT2D eigenvalue weighted by Gasteiger charge is -2.10. The smallest absolute Gasteiger partial charge is 0.164 e. The van der Waals surface area contributed by atoms with E-state index in [0.29, 0.717) is 17.5 Å². The molecule has 0 unspecified atom stereocenters. The summed E-state index contributed by atoms with van der Waals surface area (Å²) in [5, 5.41) is 4.97. The van der Waals surface area contributed by atoms with Crippen LogP contribution in [-0.2, 0) is 0 Å². The molecule has 5 heteroatoms. The predicted molar refractivity (Wildman–Crippen MR) is 209 cm³/mol. The van der Waals surface area contributed by atoms with Gasteiger partial charge in [-0.15, -0.1) is 11.3 Å². The van der Waals surface area contributed by atoms with Gasteiger partial charge in [0.2, 0.25) is 0 Å². The van der Waals surface area contributed by atoms with Crippen LogP contribution in [0.2, 0.25) is 0 Å². The highest BCUT2D eigenvalue weighted by Crippen LogP contribution is 2.42. The molecule has 0 spiro atoms. The number of hydrogen-bond acceptors (Lipinski definition) is 4. The summed E-state index contributed by atoms with van der Waals surface area (Å²) >= 11 is 1.82. The van der Waals surface area contributed by atoms with Crippen LogP contribution >= 0.6 is 11.3 Å². The monoisotopic (exact) mass is 656 g/mol. The minimum absolute atomic E-state index is 0.661. The number of para-hydroxylation sites is 1. The van der Waals surface area contributed by atoms with Crippen molar-refractivity contribution in [2.75, 3.05) is 0 Å². The summed E-state index contributed by atoms with van der Waals surface area (Å²) in [5.41, 5.74) is 8.91. The SMILES string of the molecule is c1ccc(-c2ccc3c(c2)c2ccccc2n3-c2cccc3c2sc2cc(-c4nc(-c5ccccc5)nc(-c5ccccc5)n4)ccc23)cc1. The van der Waals surface area contributed by atoms with E-state index < -0.39 is 0 Å². The Morgan fingerprint density at radius 1 is 0.360 bits per heavy atom. The van der Waals surface area contributed by atoms with E-state index >= 15 is 0 Å². The maximum absolute atomic E-state index is 4.99. The van der Waals surface area contributed by atoms with Crippen LogP contribution in [0.3, 0.4) is 0 Å². The highest BCUT2D eigenvalue weighted by molar-refractivity contribution is 7.26. The molecule has 0 aliphatic carbocycles. The molecule has 0 aliphatic heterocycles. The van der Waals surface area contributed by atoms with Gasteiger partial charge in [0.25, 0.3) is 0 Å². The maximum Gasteiger partial charge on any atom is 0.164 e. The number of benzene rings is 7. The topological polar surface area (TPSA) is 43.6 Å². The third-order valence-corrected chi connectivity index (χ3v) is 10.6. The quantitative estimate of drug-likeness (QED) is 0.185. The number of hydrogen-bond donors (Lipinski definition) is 0. The second kappa shape index (κ2) is 11.6. The van der Waals surface area contributed by atoms with Crippen LogP contribution in [-0.4, -0.2) is 19.5 Å². The van der Waals surface area contributed by atoms with Crippen molar-refractivity contribution in [1.29, 1.82) is 0 Å². The van der Waals surface area contributed by atoms with Crippen molar-refractivity contribution in [3.8, 4) is 51.0 Å². The van der Waals surface area contributed by atoms with Gasteiger partial charge in [0, 0.05) is 42.9 Å². The van der Waals surface area contributed by atoms with E-state index in [1.807, 2.05) is 72.0 Å². The Balaban J connectivity index is 1.15. The Bertz CT molecular complexity index is 2800. The molecule has 0 saturated carbocycles. The summed E-state index contributed by atoms with van der Waals surface area (Å²) in [7, 11) is 0. The minimum atomic E-state index is 0.661. The first-order valence-electron chi connectivity index (χ1n) is 16.7. The van der Waals surface area contributed by atoms with E-state index in [-0.39, 0.29) is 0 Å². The van der Waals surface area contributed by atoms with Crippen molar-refractivity contribution in [3.05, 3.63) is 170 Å². The summed E-state index contributed by atoms with van der Waals surface area (Å²) < 4.78 is 4.88. The van der Waals surface area contributed by atoms with Crippen LogP contribution in [0.15, 0.2) is 170 Å². The summed E-state index contributed by atoms with van der Waals surface area (Å²) in [4.78, 5) is 14.9. The van der Waals surface area contributed by atoms with Crippen molar-refractivity contribution < 1.29 is 0 Å². The van der Waals surface area contributed by atoms with Gasteiger partial charge in [0.15, 0.2) is 17.5 Å². The second-order valence-corrected chi connectivity index (χ2v) is 13.5. The van der Waals surface area contributed by atoms with E-state index in [1.54, 1.807) is 0 Å². The summed E-state index contributed by atoms with van der Waals surface area (Å²) in [6.07, 6.45) is 0. The van der Waals surface area contributed by atoms with Gasteiger partial charge < -0.3 is 4.57 Å². The fourth-order valence-electron chi connectivity index (χ4n) is 7.08. The van der Waals surface area contributed by atoms with Crippen LogP contribution in [0.4, 0.5) is 0 Å². The summed E-state index contributed by atoms with van der Waals surface area (Å²) in [5.74, 6) is 1.99. The van der Waals surface area contributed by atoms with Crippen LogP contribution < -0.4 is 0 Å². The molecule has 0 atom stereocenters. The third kappa shape index (κ3) is 4.71. The molecular weight excluding hydrogens is 629 g/mol. The fraction of sp³-hybridized carbons (Fsp3) is 0. The zero-order chi connectivity index (χ0) is 33.0. The average molecular weight is 657 g/mol. The van der Waals surface area contributed by atoms with Gasteiger partial charge in [-0.1, -0.05) is 140 Å². The zero-order valence-electron chi connectivity index (χ0n) is 26.9. The first-order valence-corrected chi connectivity index (χ1v) is 17.5. The van der Waals surface area contributed by atoms with Gasteiger partial charge in [0.1, 0.15) is 0 Å². The number of aromatic nitrogens is 4. The lowest BCUT2D eigenvalue weighted by molar-refractivity contribution is 1.07. The van der Waals surface area contributed by atoms with Crippen molar-refractivity contribution in [2.45, 2.75) is 0 Å². The molecule has 0 bridgehead atoms. The van der Waals surface area contributed by atoms with Crippen molar-refractivity contribution in [2.24, 2.45) is 0 Å². The maximum atomic E-state index is 4.99. The molecule has 0 fully saturated rings. The summed E-state index contributed by atoms with van der Waals surface area (Å²) in [6.45, 7) is 0. The van der Waals surface area contributed by atoms with Crippen LogP contribution in [0.25, 0.3) is 93.0 Å². The van der Waals surface area contributed by atoms with Crippen molar-refractivity contribution in [1.82, 2.24) is 19.5 Å². The molecule has 4 nitrogen and oxygen atoms in total. The third-order valence-electron chi connectivity index (χ3n) is 9.46. The molecule has 0 radical (unpaired) electrons. The highest BCUT2D eigenvalue weighted by atomic mass is 32.1. The lowest BCUT2D eigenvalue weighted by Crippen LogP contribution is -1.99. The molecular formula is C45H28N4S. The average Bonchev–Trinajstić information content (AvgIpc) is 3.74. The van der Waals surface area contributed by atoms with Gasteiger partial charge in [-0.3, -0.25) is 0 Å². The van der Waals surface area contributed by atoms with Gasteiger partial charge in [0.05, 0.1) is 21.4 Å². The molecule has 3 heterocycles. The normalized spacial score (nSPS) is 11.6. The molecule has 3 aromatic heterocycles. The van der Waals surface area contributed by atoms with Gasteiger partial charge in [-0.2, -0.15) is 0 Å². The lowest BCUT2D eigenvalue weighted by atomic mass is 10.0. The second-order valence-electron chi connectivity index (χ2n) is 12.5. The van der Waals surface area contributed by atoms with E-state index in [0.717, 1.165) is 16.7 Å². The Hall–Kier alpha value is -6.43. The predicted octanol–water partition coefficient (Wildman–Crippen LogP) is 12.0. The Morgan fingerprint density at radius 3 is 1.62 bits per heavy atom. The number of thiophene rings is 1. The molecule has 0 amide bonds. The standard InChI is InChI=1S/C45H28N4S/c1-4-13-29(14-5-1)32-24-26-39-37(27-32)34-19-10-11-21-38(34)49(39)40-22-12-20-36-35-25-23-33(28-41(35)50-42(36)40)45-47-43(30-15-6-2-7-16-30)46-44(48-45)31-17-8-3-9-18-31/h1-28H. The number of fused-ring (bicyclic) bond motifs is 6. The van der Waals surface area contributed by atoms with Crippen LogP contribution in [0.5, 0.6) is 0 Å². The summed E-state index contributed by atoms with van der Waals surface area (Å²) in [6, 6.07) is 59.7. The number of nitrogens with zero attached hydrogens (tertiary/aromatic N) is 4. The molecule has 0 saturated heterocycles.